The fourth-order valence-electron chi connectivity index (χ4n) is 9.76. The van der Waals surface area contributed by atoms with Crippen molar-refractivity contribution in [1.82, 2.24) is 0 Å². The van der Waals surface area contributed by atoms with Crippen LogP contribution < -0.4 is 15.6 Å². The van der Waals surface area contributed by atoms with Gasteiger partial charge in [0, 0.05) is 0 Å². The highest BCUT2D eigenvalue weighted by molar-refractivity contribution is 7.16. The van der Waals surface area contributed by atoms with E-state index in [1.54, 1.807) is 5.20 Å². The lowest BCUT2D eigenvalue weighted by molar-refractivity contribution is 0.590. The van der Waals surface area contributed by atoms with Gasteiger partial charge in [-0.25, -0.2) is 0 Å². The molecule has 7 rings (SSSR count). The number of rotatable bonds is 10. The van der Waals surface area contributed by atoms with Crippen LogP contribution in [0.5, 0.6) is 0 Å². The Morgan fingerprint density at radius 1 is 0.377 bits per heavy atom. The van der Waals surface area contributed by atoms with E-state index < -0.39 is 8.07 Å². The molecule has 6 aromatic carbocycles. The van der Waals surface area contributed by atoms with Gasteiger partial charge in [0.2, 0.25) is 0 Å². The molecule has 0 saturated heterocycles. The number of benzene rings is 6. The fraction of sp³-hybridized carbons (Fsp3) is 0.333. The lowest BCUT2D eigenvalue weighted by Crippen LogP contribution is -2.70. The van der Waals surface area contributed by atoms with E-state index in [1.165, 1.54) is 82.4 Å². The van der Waals surface area contributed by atoms with Crippen molar-refractivity contribution in [3.05, 3.63) is 218 Å². The van der Waals surface area contributed by atoms with Gasteiger partial charge in [-0.3, -0.25) is 0 Å². The van der Waals surface area contributed by atoms with Crippen LogP contribution in [0.3, 0.4) is 0 Å². The molecule has 0 amide bonds. The molecule has 0 saturated carbocycles. The Kier molecular flexibility index (Phi) is 12.3. The van der Waals surface area contributed by atoms with Gasteiger partial charge in [-0.2, -0.15) is 0 Å². The van der Waals surface area contributed by atoms with Crippen molar-refractivity contribution in [2.75, 3.05) is 0 Å². The van der Waals surface area contributed by atoms with Gasteiger partial charge in [0.05, 0.1) is 0 Å². The molecule has 0 aliphatic heterocycles. The second-order valence-electron chi connectivity index (χ2n) is 21.3. The van der Waals surface area contributed by atoms with Crippen LogP contribution in [-0.2, 0) is 35.5 Å². The van der Waals surface area contributed by atoms with E-state index in [1.807, 2.05) is 0 Å². The maximum absolute atomic E-state index is 3.14. The summed E-state index contributed by atoms with van der Waals surface area (Å²) >= 11 is 0. The molecular weight excluding hydrogens is 749 g/mol. The first-order valence-electron chi connectivity index (χ1n) is 22.7. The minimum Gasteiger partial charge on any atom is -0.0636 e. The summed E-state index contributed by atoms with van der Waals surface area (Å²) in [6.45, 7) is 31.4. The monoisotopic (exact) mass is 819 g/mol. The van der Waals surface area contributed by atoms with Gasteiger partial charge < -0.3 is 0 Å². The van der Waals surface area contributed by atoms with Gasteiger partial charge in [0.1, 0.15) is 0 Å². The predicted molar refractivity (Wildman–Crippen MR) is 268 cm³/mol. The van der Waals surface area contributed by atoms with Gasteiger partial charge in [0.15, 0.2) is 8.07 Å². The molecule has 0 spiro atoms. The predicted octanol–water partition coefficient (Wildman–Crippen LogP) is 13.7. The molecule has 1 aliphatic carbocycles. The molecule has 0 heterocycles. The number of hydrogen-bond donors (Lipinski definition) is 0. The Hall–Kier alpha value is -4.98. The third-order valence-electron chi connectivity index (χ3n) is 13.7. The molecule has 0 N–H and O–H groups in total. The fourth-order valence-corrected chi connectivity index (χ4v) is 15.6. The van der Waals surface area contributed by atoms with E-state index in [9.17, 15) is 0 Å². The summed E-state index contributed by atoms with van der Waals surface area (Å²) < 4.78 is 0. The highest BCUT2D eigenvalue weighted by atomic mass is 28.3. The molecule has 0 fully saturated rings. The summed E-state index contributed by atoms with van der Waals surface area (Å²) in [6, 6.07) is 56.8. The minimum atomic E-state index is -3.14. The molecular formula is C60H70Si. The lowest BCUT2D eigenvalue weighted by atomic mass is 9.85. The zero-order chi connectivity index (χ0) is 43.9. The van der Waals surface area contributed by atoms with Crippen LogP contribution in [0.2, 0.25) is 0 Å². The summed E-state index contributed by atoms with van der Waals surface area (Å²) in [5, 5.41) is 6.15. The van der Waals surface area contributed by atoms with E-state index >= 15 is 0 Å². The molecule has 0 aromatic heterocycles. The van der Waals surface area contributed by atoms with Crippen molar-refractivity contribution in [2.45, 2.75) is 126 Å². The van der Waals surface area contributed by atoms with Crippen LogP contribution in [0.15, 0.2) is 168 Å². The zero-order valence-corrected chi connectivity index (χ0v) is 40.6. The standard InChI is InChI=1S/C60H70Si/c1-41-42(2)44(4)57(43(41)3)61(54-35-48(29-45-23-17-14-18-24-45)32-51(38-54)58(5,6)7,55-36-49(30-46-25-19-15-20-26-46)33-52(39-55)59(8,9)10)56-37-50(31-47-27-21-16-22-28-47)34-53(40-56)60(11,12)13/h14-28,32-40,43H,29-31H2,1-13H3. The summed E-state index contributed by atoms with van der Waals surface area (Å²) in [7, 11) is -3.14. The maximum Gasteiger partial charge on any atom is 0.176 e. The van der Waals surface area contributed by atoms with Crippen LogP contribution in [0.25, 0.3) is 0 Å². The first-order valence-corrected chi connectivity index (χ1v) is 24.7. The average Bonchev–Trinajstić information content (AvgIpc) is 3.40. The highest BCUT2D eigenvalue weighted by Crippen LogP contribution is 2.43. The van der Waals surface area contributed by atoms with E-state index in [2.05, 4.69) is 236 Å². The van der Waals surface area contributed by atoms with E-state index in [0.717, 1.165) is 19.3 Å². The molecule has 6 aromatic rings. The van der Waals surface area contributed by atoms with E-state index in [-0.39, 0.29) is 16.2 Å². The third kappa shape index (κ3) is 9.29. The Bertz CT molecular complexity index is 2320. The van der Waals surface area contributed by atoms with Crippen molar-refractivity contribution < 1.29 is 0 Å². The van der Waals surface area contributed by atoms with Gasteiger partial charge in [-0.05, 0) is 133 Å². The Labute approximate surface area is 370 Å². The zero-order valence-electron chi connectivity index (χ0n) is 39.6. The molecule has 0 radical (unpaired) electrons. The SMILES string of the molecule is CC1=C(C)C(C)C([Si](c2cc(Cc3ccccc3)cc(C(C)(C)C)c2)(c2cc(Cc3ccccc3)cc(C(C)(C)C)c2)c2cc(Cc3ccccc3)cc(C(C)(C)C)c2)=C1C. The third-order valence-corrected chi connectivity index (χ3v) is 18.8. The van der Waals surface area contributed by atoms with Crippen molar-refractivity contribution in [2.24, 2.45) is 5.92 Å². The van der Waals surface area contributed by atoms with Crippen molar-refractivity contribution in [1.29, 1.82) is 0 Å². The summed E-state index contributed by atoms with van der Waals surface area (Å²) in [5.74, 6) is 0.300. The van der Waals surface area contributed by atoms with Crippen molar-refractivity contribution in [3.63, 3.8) is 0 Å². The van der Waals surface area contributed by atoms with Crippen molar-refractivity contribution >= 4 is 23.6 Å². The minimum absolute atomic E-state index is 0.0478. The second kappa shape index (κ2) is 17.1. The van der Waals surface area contributed by atoms with Crippen LogP contribution >= 0.6 is 0 Å². The Morgan fingerprint density at radius 2 is 0.672 bits per heavy atom. The maximum atomic E-state index is 2.66. The largest absolute Gasteiger partial charge is 0.176 e. The molecule has 1 unspecified atom stereocenters. The first kappa shape index (κ1) is 44.1. The van der Waals surface area contributed by atoms with Gasteiger partial charge >= 0.3 is 0 Å². The Morgan fingerprint density at radius 3 is 0.918 bits per heavy atom. The molecule has 1 atom stereocenters. The summed E-state index contributed by atoms with van der Waals surface area (Å²) in [6.07, 6.45) is 2.69. The molecule has 61 heavy (non-hydrogen) atoms. The molecule has 0 nitrogen and oxygen atoms in total. The summed E-state index contributed by atoms with van der Waals surface area (Å²) in [4.78, 5) is 0. The molecule has 1 aliphatic rings. The van der Waals surface area contributed by atoms with Gasteiger partial charge in [-0.15, -0.1) is 0 Å². The van der Waals surface area contributed by atoms with Crippen LogP contribution in [0.1, 0.15) is 140 Å². The van der Waals surface area contributed by atoms with Crippen LogP contribution in [0.4, 0.5) is 0 Å². The highest BCUT2D eigenvalue weighted by Gasteiger charge is 2.49. The quantitative estimate of drug-likeness (QED) is 0.0954. The average molecular weight is 819 g/mol. The van der Waals surface area contributed by atoms with Gasteiger partial charge in [0.25, 0.3) is 0 Å². The van der Waals surface area contributed by atoms with E-state index in [4.69, 9.17) is 0 Å². The van der Waals surface area contributed by atoms with Crippen molar-refractivity contribution in [3.8, 4) is 0 Å². The molecule has 0 bridgehead atoms. The number of allylic oxidation sites excluding steroid dienone is 4. The van der Waals surface area contributed by atoms with E-state index in [0.29, 0.717) is 5.92 Å². The lowest BCUT2D eigenvalue weighted by Gasteiger charge is -2.41. The second-order valence-corrected chi connectivity index (χ2v) is 25.1. The number of hydrogen-bond acceptors (Lipinski definition) is 0. The first-order chi connectivity index (χ1) is 28.7. The Balaban J connectivity index is 1.69. The van der Waals surface area contributed by atoms with Crippen LogP contribution in [0, 0.1) is 5.92 Å². The normalized spacial score (nSPS) is 15.2. The molecule has 1 heteroatoms. The summed E-state index contributed by atoms with van der Waals surface area (Å²) in [5.41, 5.74) is 16.8. The van der Waals surface area contributed by atoms with Crippen LogP contribution in [-0.4, -0.2) is 8.07 Å². The van der Waals surface area contributed by atoms with Gasteiger partial charge in [-0.1, -0.05) is 231 Å². The topological polar surface area (TPSA) is 0 Å². The smallest absolute Gasteiger partial charge is 0.0636 e. The molecule has 314 valence electrons.